The number of aryl methyl sites for hydroxylation is 2. The van der Waals surface area contributed by atoms with Crippen LogP contribution < -0.4 is 10.6 Å². The third-order valence-corrected chi connectivity index (χ3v) is 4.35. The minimum Gasteiger partial charge on any atom is -0.361 e. The molecule has 2 rings (SSSR count). The number of rotatable bonds is 6. The van der Waals surface area contributed by atoms with Crippen LogP contribution in [-0.4, -0.2) is 18.2 Å². The first-order valence-corrected chi connectivity index (χ1v) is 8.73. The molecule has 0 aliphatic heterocycles. The molecule has 1 heterocycles. The largest absolute Gasteiger partial charge is 0.361 e. The molecule has 130 valence electrons. The molecule has 1 aromatic carbocycles. The highest BCUT2D eigenvalue weighted by Gasteiger charge is 2.13. The third-order valence-electron chi connectivity index (χ3n) is 3.71. The maximum atomic E-state index is 13.5. The van der Waals surface area contributed by atoms with Crippen LogP contribution in [0.1, 0.15) is 36.4 Å². The van der Waals surface area contributed by atoms with Crippen molar-refractivity contribution in [3.8, 4) is 0 Å². The van der Waals surface area contributed by atoms with Crippen LogP contribution in [0.4, 0.5) is 4.39 Å². The quantitative estimate of drug-likeness (QED) is 0.578. The van der Waals surface area contributed by atoms with E-state index in [0.717, 1.165) is 35.4 Å². The molecular formula is C17H22BrFN4O. The highest BCUT2D eigenvalue weighted by molar-refractivity contribution is 9.10. The molecule has 24 heavy (non-hydrogen) atoms. The zero-order valence-corrected chi connectivity index (χ0v) is 15.7. The number of nitrogens with one attached hydrogen (secondary N) is 2. The Bertz CT molecular complexity index is 693. The zero-order valence-electron chi connectivity index (χ0n) is 14.1. The van der Waals surface area contributed by atoms with Crippen molar-refractivity contribution in [1.82, 2.24) is 15.8 Å². The smallest absolute Gasteiger partial charge is 0.191 e. The molecule has 0 atom stereocenters. The second kappa shape index (κ2) is 8.82. The summed E-state index contributed by atoms with van der Waals surface area (Å²) in [4.78, 5) is 4.19. The van der Waals surface area contributed by atoms with E-state index in [0.29, 0.717) is 23.5 Å². The van der Waals surface area contributed by atoms with E-state index in [1.165, 1.54) is 6.07 Å². The van der Waals surface area contributed by atoms with Crippen LogP contribution in [0.2, 0.25) is 0 Å². The van der Waals surface area contributed by atoms with E-state index in [1.807, 2.05) is 13.0 Å². The molecule has 0 fully saturated rings. The lowest BCUT2D eigenvalue weighted by atomic mass is 10.1. The Kier molecular flexibility index (Phi) is 6.78. The Labute approximate surface area is 149 Å². The molecule has 0 unspecified atom stereocenters. The predicted octanol–water partition coefficient (Wildman–Crippen LogP) is 3.57. The van der Waals surface area contributed by atoms with E-state index in [4.69, 9.17) is 4.52 Å². The number of halogens is 2. The molecule has 2 aromatic rings. The summed E-state index contributed by atoms with van der Waals surface area (Å²) in [6.45, 7) is 5.16. The highest BCUT2D eigenvalue weighted by Crippen LogP contribution is 2.17. The molecule has 0 bridgehead atoms. The summed E-state index contributed by atoms with van der Waals surface area (Å²) >= 11 is 3.15. The summed E-state index contributed by atoms with van der Waals surface area (Å²) in [5, 5.41) is 10.5. The van der Waals surface area contributed by atoms with Crippen molar-refractivity contribution in [1.29, 1.82) is 0 Å². The van der Waals surface area contributed by atoms with Gasteiger partial charge in [0, 0.05) is 32.1 Å². The fourth-order valence-corrected chi connectivity index (χ4v) is 2.61. The summed E-state index contributed by atoms with van der Waals surface area (Å²) < 4.78 is 19.4. The van der Waals surface area contributed by atoms with Gasteiger partial charge in [-0.25, -0.2) is 4.39 Å². The van der Waals surface area contributed by atoms with Crippen LogP contribution >= 0.6 is 15.9 Å². The number of guanidine groups is 1. The standard InChI is InChI=1S/C17H22BrFN4O/c1-4-15-12(16(5-2)24-23-15)10-22-17(20-3)21-9-11-6-7-13(18)14(19)8-11/h6-8H,4-5,9-10H2,1-3H3,(H2,20,21,22). The van der Waals surface area contributed by atoms with Crippen LogP contribution in [0.25, 0.3) is 0 Å². The van der Waals surface area contributed by atoms with Gasteiger partial charge in [0.2, 0.25) is 0 Å². The summed E-state index contributed by atoms with van der Waals surface area (Å²) in [7, 11) is 1.70. The van der Waals surface area contributed by atoms with E-state index in [1.54, 1.807) is 13.1 Å². The van der Waals surface area contributed by atoms with Gasteiger partial charge < -0.3 is 15.2 Å². The maximum absolute atomic E-state index is 13.5. The first-order chi connectivity index (χ1) is 11.6. The molecule has 0 aliphatic rings. The molecule has 0 aliphatic carbocycles. The van der Waals surface area contributed by atoms with Crippen LogP contribution in [-0.2, 0) is 25.9 Å². The van der Waals surface area contributed by atoms with Crippen molar-refractivity contribution in [3.05, 3.63) is 51.1 Å². The van der Waals surface area contributed by atoms with Gasteiger partial charge in [0.25, 0.3) is 0 Å². The summed E-state index contributed by atoms with van der Waals surface area (Å²) in [6.07, 6.45) is 1.62. The Morgan fingerprint density at radius 1 is 1.25 bits per heavy atom. The van der Waals surface area contributed by atoms with Crippen molar-refractivity contribution >= 4 is 21.9 Å². The minimum atomic E-state index is -0.276. The molecule has 0 spiro atoms. The second-order valence-corrected chi connectivity index (χ2v) is 6.12. The SMILES string of the molecule is CCc1noc(CC)c1CNC(=NC)NCc1ccc(Br)c(F)c1. The second-order valence-electron chi connectivity index (χ2n) is 5.27. The average molecular weight is 397 g/mol. The normalized spacial score (nSPS) is 11.6. The molecule has 1 aromatic heterocycles. The molecular weight excluding hydrogens is 375 g/mol. The molecule has 0 amide bonds. The Hall–Kier alpha value is -1.89. The predicted molar refractivity (Wildman–Crippen MR) is 96.4 cm³/mol. The maximum Gasteiger partial charge on any atom is 0.191 e. The van der Waals surface area contributed by atoms with Crippen LogP contribution in [0.15, 0.2) is 32.2 Å². The van der Waals surface area contributed by atoms with Gasteiger partial charge in [-0.15, -0.1) is 0 Å². The fourth-order valence-electron chi connectivity index (χ4n) is 2.37. The van der Waals surface area contributed by atoms with E-state index in [2.05, 4.69) is 43.6 Å². The van der Waals surface area contributed by atoms with Crippen molar-refractivity contribution in [2.24, 2.45) is 4.99 Å². The number of hydrogen-bond donors (Lipinski definition) is 2. The van der Waals surface area contributed by atoms with Crippen LogP contribution in [0.3, 0.4) is 0 Å². The van der Waals surface area contributed by atoms with Gasteiger partial charge in [-0.2, -0.15) is 0 Å². The number of hydrogen-bond acceptors (Lipinski definition) is 3. The van der Waals surface area contributed by atoms with E-state index >= 15 is 0 Å². The first-order valence-electron chi connectivity index (χ1n) is 7.93. The van der Waals surface area contributed by atoms with Gasteiger partial charge in [-0.3, -0.25) is 4.99 Å². The molecule has 0 saturated carbocycles. The molecule has 7 heteroatoms. The minimum absolute atomic E-state index is 0.276. The Balaban J connectivity index is 1.95. The lowest BCUT2D eigenvalue weighted by molar-refractivity contribution is 0.380. The Morgan fingerprint density at radius 3 is 2.62 bits per heavy atom. The molecule has 0 saturated heterocycles. The summed E-state index contributed by atoms with van der Waals surface area (Å²) in [6, 6.07) is 5.05. The number of aliphatic imine (C=N–C) groups is 1. The summed E-state index contributed by atoms with van der Waals surface area (Å²) in [5.74, 6) is 1.26. The van der Waals surface area contributed by atoms with Gasteiger partial charge in [0.1, 0.15) is 11.6 Å². The van der Waals surface area contributed by atoms with E-state index < -0.39 is 0 Å². The van der Waals surface area contributed by atoms with Crippen molar-refractivity contribution < 1.29 is 8.91 Å². The number of aromatic nitrogens is 1. The monoisotopic (exact) mass is 396 g/mol. The number of benzene rings is 1. The van der Waals surface area contributed by atoms with Gasteiger partial charge in [0.15, 0.2) is 5.96 Å². The van der Waals surface area contributed by atoms with Gasteiger partial charge >= 0.3 is 0 Å². The fraction of sp³-hybridized carbons (Fsp3) is 0.412. The lowest BCUT2D eigenvalue weighted by Crippen LogP contribution is -2.36. The van der Waals surface area contributed by atoms with Crippen molar-refractivity contribution in [3.63, 3.8) is 0 Å². The number of nitrogens with zero attached hydrogens (tertiary/aromatic N) is 2. The van der Waals surface area contributed by atoms with Gasteiger partial charge in [-0.05, 0) is 40.0 Å². The topological polar surface area (TPSA) is 62.5 Å². The third kappa shape index (κ3) is 4.56. The van der Waals surface area contributed by atoms with E-state index in [9.17, 15) is 4.39 Å². The molecule has 0 radical (unpaired) electrons. The zero-order chi connectivity index (χ0) is 17.5. The average Bonchev–Trinajstić information content (AvgIpc) is 3.00. The molecule has 5 nitrogen and oxygen atoms in total. The highest BCUT2D eigenvalue weighted by atomic mass is 79.9. The van der Waals surface area contributed by atoms with Crippen molar-refractivity contribution in [2.45, 2.75) is 39.8 Å². The first kappa shape index (κ1) is 18.4. The van der Waals surface area contributed by atoms with E-state index in [-0.39, 0.29) is 5.82 Å². The van der Waals surface area contributed by atoms with Gasteiger partial charge in [-0.1, -0.05) is 25.1 Å². The lowest BCUT2D eigenvalue weighted by Gasteiger charge is -2.12. The van der Waals surface area contributed by atoms with Gasteiger partial charge in [0.05, 0.1) is 10.2 Å². The Morgan fingerprint density at radius 2 is 2.00 bits per heavy atom. The van der Waals surface area contributed by atoms with Crippen molar-refractivity contribution in [2.75, 3.05) is 7.05 Å². The van der Waals surface area contributed by atoms with Crippen LogP contribution in [0, 0.1) is 5.82 Å². The summed E-state index contributed by atoms with van der Waals surface area (Å²) in [5.41, 5.74) is 2.88. The molecule has 2 N–H and O–H groups in total. The van der Waals surface area contributed by atoms with Crippen LogP contribution in [0.5, 0.6) is 0 Å².